The van der Waals surface area contributed by atoms with Crippen molar-refractivity contribution in [3.05, 3.63) is 54.1 Å². The highest BCUT2D eigenvalue weighted by Crippen LogP contribution is 2.22. The van der Waals surface area contributed by atoms with Gasteiger partial charge in [0.15, 0.2) is 0 Å². The maximum Gasteiger partial charge on any atom is 0.347 e. The Labute approximate surface area is 125 Å². The van der Waals surface area contributed by atoms with Gasteiger partial charge in [0.05, 0.1) is 0 Å². The van der Waals surface area contributed by atoms with E-state index in [0.29, 0.717) is 11.4 Å². The molecular formula is C14H15N3O5. The molecule has 0 aliphatic heterocycles. The average molecular weight is 305 g/mol. The summed E-state index contributed by atoms with van der Waals surface area (Å²) in [6.07, 6.45) is 0. The highest BCUT2D eigenvalue weighted by molar-refractivity contribution is 5.94. The van der Waals surface area contributed by atoms with Crippen LogP contribution in [0.5, 0.6) is 11.5 Å². The van der Waals surface area contributed by atoms with E-state index in [1.807, 2.05) is 6.07 Å². The number of nitrogens with one attached hydrogen (secondary N) is 1. The van der Waals surface area contributed by atoms with Crippen LogP contribution in [0, 0.1) is 0 Å². The summed E-state index contributed by atoms with van der Waals surface area (Å²) in [5.41, 5.74) is 11.4. The number of nitrogens with two attached hydrogens (primary N) is 2. The van der Waals surface area contributed by atoms with Gasteiger partial charge in [-0.05, 0) is 24.3 Å². The first-order chi connectivity index (χ1) is 10.4. The Morgan fingerprint density at radius 2 is 1.68 bits per heavy atom. The van der Waals surface area contributed by atoms with E-state index >= 15 is 0 Å². The summed E-state index contributed by atoms with van der Waals surface area (Å²) in [6, 6.07) is 12.0. The lowest BCUT2D eigenvalue weighted by Gasteiger charge is -2.06. The zero-order valence-corrected chi connectivity index (χ0v) is 11.4. The van der Waals surface area contributed by atoms with Crippen LogP contribution >= 0.6 is 0 Å². The second kappa shape index (κ2) is 8.12. The molecule has 0 radical (unpaired) electrons. The van der Waals surface area contributed by atoms with Crippen molar-refractivity contribution in [2.24, 2.45) is 5.73 Å². The van der Waals surface area contributed by atoms with Gasteiger partial charge in [-0.15, -0.1) is 0 Å². The van der Waals surface area contributed by atoms with E-state index in [1.54, 1.807) is 24.3 Å². The van der Waals surface area contributed by atoms with E-state index in [4.69, 9.17) is 15.7 Å². The zero-order chi connectivity index (χ0) is 16.5. The lowest BCUT2D eigenvalue weighted by Crippen LogP contribution is -2.25. The molecule has 8 heteroatoms. The Balaban J connectivity index is 0.000000422. The van der Waals surface area contributed by atoms with Crippen LogP contribution in [0.4, 0.5) is 10.5 Å². The third-order valence-electron chi connectivity index (χ3n) is 2.31. The van der Waals surface area contributed by atoms with Gasteiger partial charge in [0.2, 0.25) is 0 Å². The number of benzene rings is 2. The molecule has 0 saturated carbocycles. The molecule has 0 aromatic heterocycles. The van der Waals surface area contributed by atoms with Gasteiger partial charge >= 0.3 is 12.0 Å². The van der Waals surface area contributed by atoms with Crippen molar-refractivity contribution in [3.8, 4) is 11.5 Å². The number of hydrogen-bond acceptors (Lipinski definition) is 6. The molecule has 2 rings (SSSR count). The van der Waals surface area contributed by atoms with E-state index in [-0.39, 0.29) is 11.3 Å². The van der Waals surface area contributed by atoms with Crippen LogP contribution in [0.1, 0.15) is 10.4 Å². The van der Waals surface area contributed by atoms with Crippen molar-refractivity contribution in [2.75, 3.05) is 5.73 Å². The lowest BCUT2D eigenvalue weighted by atomic mass is 10.2. The number of hydroxylamine groups is 1. The van der Waals surface area contributed by atoms with Gasteiger partial charge < -0.3 is 21.3 Å². The minimum absolute atomic E-state index is 0.0862. The second-order valence-corrected chi connectivity index (χ2v) is 3.96. The van der Waals surface area contributed by atoms with Crippen molar-refractivity contribution in [3.63, 3.8) is 0 Å². The van der Waals surface area contributed by atoms with Crippen molar-refractivity contribution in [2.45, 2.75) is 0 Å². The van der Waals surface area contributed by atoms with Gasteiger partial charge in [0, 0.05) is 11.8 Å². The maximum absolute atomic E-state index is 11.7. The summed E-state index contributed by atoms with van der Waals surface area (Å²) in [5, 5.41) is 17.0. The fraction of sp³-hybridized carbons (Fsp3) is 0. The number of anilines is 1. The number of hydrogen-bond donors (Lipinski definition) is 5. The van der Waals surface area contributed by atoms with Gasteiger partial charge in [0.25, 0.3) is 0 Å². The first-order valence-corrected chi connectivity index (χ1v) is 5.99. The van der Waals surface area contributed by atoms with Gasteiger partial charge in [0.1, 0.15) is 17.1 Å². The first-order valence-electron chi connectivity index (χ1n) is 5.99. The number of nitrogen functional groups attached to an aromatic ring is 1. The molecule has 22 heavy (non-hydrogen) atoms. The molecule has 0 aliphatic carbocycles. The maximum atomic E-state index is 11.7. The molecule has 0 fully saturated rings. The Hall–Kier alpha value is -3.26. The standard InChI is InChI=1S/C13H11NO3.CH4N2O2/c14-9-6-7-11(12(15)8-9)13(16)17-10-4-2-1-3-5-10;2-1(4)3-5/h1-8,15H,14H2;5H,(H3,2,3,4). The number of esters is 1. The van der Waals surface area contributed by atoms with Gasteiger partial charge in [-0.1, -0.05) is 18.2 Å². The summed E-state index contributed by atoms with van der Waals surface area (Å²) < 4.78 is 5.08. The molecule has 0 saturated heterocycles. The van der Waals surface area contributed by atoms with Crippen LogP contribution in [0.3, 0.4) is 0 Å². The number of primary amides is 1. The molecule has 0 heterocycles. The SMILES string of the molecule is NC(=O)NO.Nc1ccc(C(=O)Oc2ccccc2)c(O)c1. The molecule has 2 aromatic rings. The summed E-state index contributed by atoms with van der Waals surface area (Å²) >= 11 is 0. The normalized spacial score (nSPS) is 9.14. The summed E-state index contributed by atoms with van der Waals surface area (Å²) in [6.45, 7) is 0. The first kappa shape index (κ1) is 16.8. The molecule has 116 valence electrons. The van der Waals surface area contributed by atoms with E-state index < -0.39 is 12.0 Å². The van der Waals surface area contributed by atoms with Crippen molar-refractivity contribution in [1.82, 2.24) is 5.48 Å². The number of phenols is 1. The Bertz CT molecular complexity index is 646. The van der Waals surface area contributed by atoms with Crippen LogP contribution in [0.2, 0.25) is 0 Å². The van der Waals surface area contributed by atoms with E-state index in [2.05, 4.69) is 5.73 Å². The summed E-state index contributed by atoms with van der Waals surface area (Å²) in [5.74, 6) is -0.381. The smallest absolute Gasteiger partial charge is 0.347 e. The van der Waals surface area contributed by atoms with Crippen molar-refractivity contribution >= 4 is 17.7 Å². The Morgan fingerprint density at radius 1 is 1.09 bits per heavy atom. The molecule has 7 N–H and O–H groups in total. The lowest BCUT2D eigenvalue weighted by molar-refractivity contribution is 0.0731. The fourth-order valence-electron chi connectivity index (χ4n) is 1.37. The number of urea groups is 1. The van der Waals surface area contributed by atoms with E-state index in [0.717, 1.165) is 0 Å². The van der Waals surface area contributed by atoms with Gasteiger partial charge in [-0.25, -0.2) is 15.1 Å². The number of rotatable bonds is 2. The van der Waals surface area contributed by atoms with Crippen LogP contribution in [0.25, 0.3) is 0 Å². The number of para-hydroxylation sites is 1. The second-order valence-electron chi connectivity index (χ2n) is 3.96. The molecule has 8 nitrogen and oxygen atoms in total. The monoisotopic (exact) mass is 305 g/mol. The topological polar surface area (TPSA) is 148 Å². The largest absolute Gasteiger partial charge is 0.507 e. The molecule has 0 aliphatic rings. The molecule has 2 aromatic carbocycles. The Kier molecular flexibility index (Phi) is 6.20. The number of carbonyl (C=O) groups excluding carboxylic acids is 2. The molecular weight excluding hydrogens is 290 g/mol. The molecule has 0 unspecified atom stereocenters. The highest BCUT2D eigenvalue weighted by Gasteiger charge is 2.13. The average Bonchev–Trinajstić information content (AvgIpc) is 2.48. The highest BCUT2D eigenvalue weighted by atomic mass is 16.5. The van der Waals surface area contributed by atoms with Crippen LogP contribution in [-0.2, 0) is 0 Å². The summed E-state index contributed by atoms with van der Waals surface area (Å²) in [4.78, 5) is 21.0. The minimum atomic E-state index is -0.940. The van der Waals surface area contributed by atoms with Crippen LogP contribution in [-0.4, -0.2) is 22.3 Å². The van der Waals surface area contributed by atoms with Crippen LogP contribution in [0.15, 0.2) is 48.5 Å². The Morgan fingerprint density at radius 3 is 2.18 bits per heavy atom. The van der Waals surface area contributed by atoms with Gasteiger partial charge in [-0.3, -0.25) is 5.21 Å². The van der Waals surface area contributed by atoms with E-state index in [9.17, 15) is 14.7 Å². The third kappa shape index (κ3) is 5.39. The fourth-order valence-corrected chi connectivity index (χ4v) is 1.37. The third-order valence-corrected chi connectivity index (χ3v) is 2.31. The zero-order valence-electron chi connectivity index (χ0n) is 11.4. The molecule has 0 bridgehead atoms. The number of aromatic hydroxyl groups is 1. The number of amides is 2. The quantitative estimate of drug-likeness (QED) is 0.185. The predicted molar refractivity (Wildman–Crippen MR) is 78.4 cm³/mol. The minimum Gasteiger partial charge on any atom is -0.507 e. The van der Waals surface area contributed by atoms with Crippen LogP contribution < -0.4 is 21.7 Å². The number of ether oxygens (including phenoxy) is 1. The molecule has 0 atom stereocenters. The predicted octanol–water partition coefficient (Wildman–Crippen LogP) is 1.24. The van der Waals surface area contributed by atoms with Crippen molar-refractivity contribution < 1.29 is 24.6 Å². The van der Waals surface area contributed by atoms with E-state index in [1.165, 1.54) is 23.7 Å². The number of phenolic OH excluding ortho intramolecular Hbond substituents is 1. The number of carbonyl (C=O) groups is 2. The van der Waals surface area contributed by atoms with Crippen molar-refractivity contribution in [1.29, 1.82) is 0 Å². The summed E-state index contributed by atoms with van der Waals surface area (Å²) in [7, 11) is 0. The molecule has 0 spiro atoms. The van der Waals surface area contributed by atoms with Gasteiger partial charge in [-0.2, -0.15) is 0 Å². The molecule has 2 amide bonds.